The zero-order chi connectivity index (χ0) is 19.3. The molecular weight excluding hydrogens is 366 g/mol. The lowest BCUT2D eigenvalue weighted by Gasteiger charge is -2.28. The van der Waals surface area contributed by atoms with Crippen LogP contribution in [-0.4, -0.2) is 36.8 Å². The summed E-state index contributed by atoms with van der Waals surface area (Å²) >= 11 is 0. The number of anilines is 2. The van der Waals surface area contributed by atoms with E-state index in [1.165, 1.54) is 4.31 Å². The predicted octanol–water partition coefficient (Wildman–Crippen LogP) is 2.36. The molecule has 1 aliphatic heterocycles. The Morgan fingerprint density at radius 3 is 2.52 bits per heavy atom. The van der Waals surface area contributed by atoms with Gasteiger partial charge in [0, 0.05) is 25.8 Å². The zero-order valence-electron chi connectivity index (χ0n) is 14.9. The van der Waals surface area contributed by atoms with E-state index in [-0.39, 0.29) is 17.1 Å². The number of hydrogen-bond donors (Lipinski definition) is 3. The van der Waals surface area contributed by atoms with Crippen LogP contribution in [0.4, 0.5) is 16.3 Å². The van der Waals surface area contributed by atoms with Crippen molar-refractivity contribution in [1.82, 2.24) is 9.29 Å². The molecule has 8 nitrogen and oxygen atoms in total. The Morgan fingerprint density at radius 1 is 1.07 bits per heavy atom. The number of carbonyl (C=O) groups is 1. The van der Waals surface area contributed by atoms with E-state index in [9.17, 15) is 13.2 Å². The normalized spacial score (nSPS) is 15.3. The fraction of sp³-hybridized carbons (Fsp3) is 0.333. The number of amides is 2. The van der Waals surface area contributed by atoms with E-state index in [4.69, 9.17) is 5.73 Å². The van der Waals surface area contributed by atoms with Gasteiger partial charge >= 0.3 is 6.03 Å². The molecule has 1 aliphatic rings. The second-order valence-corrected chi connectivity index (χ2v) is 8.13. The SMILES string of the molecule is NCc1cccc(NC(=O)Nc2ccccn2)c1S(=O)(=O)N1CCCCC1. The summed E-state index contributed by atoms with van der Waals surface area (Å²) < 4.78 is 27.9. The number of hydrogen-bond acceptors (Lipinski definition) is 5. The van der Waals surface area contributed by atoms with Gasteiger partial charge in [-0.3, -0.25) is 5.32 Å². The molecule has 0 aliphatic carbocycles. The minimum atomic E-state index is -3.76. The van der Waals surface area contributed by atoms with E-state index >= 15 is 0 Å². The van der Waals surface area contributed by atoms with Crippen molar-refractivity contribution in [3.05, 3.63) is 48.2 Å². The summed E-state index contributed by atoms with van der Waals surface area (Å²) in [7, 11) is -3.76. The fourth-order valence-electron chi connectivity index (χ4n) is 3.09. The number of nitrogens with two attached hydrogens (primary N) is 1. The van der Waals surface area contributed by atoms with E-state index in [1.807, 2.05) is 0 Å². The van der Waals surface area contributed by atoms with Gasteiger partial charge in [0.2, 0.25) is 10.0 Å². The molecule has 2 amide bonds. The lowest BCUT2D eigenvalue weighted by atomic mass is 10.2. The maximum Gasteiger partial charge on any atom is 0.324 e. The number of urea groups is 1. The van der Waals surface area contributed by atoms with E-state index in [1.54, 1.807) is 42.6 Å². The third-order valence-corrected chi connectivity index (χ3v) is 6.43. The molecule has 2 heterocycles. The molecule has 27 heavy (non-hydrogen) atoms. The number of pyridine rings is 1. The van der Waals surface area contributed by atoms with Crippen LogP contribution in [0.3, 0.4) is 0 Å². The molecule has 0 radical (unpaired) electrons. The van der Waals surface area contributed by atoms with Crippen LogP contribution in [0.1, 0.15) is 24.8 Å². The second kappa shape index (κ2) is 8.47. The van der Waals surface area contributed by atoms with Crippen molar-refractivity contribution in [2.45, 2.75) is 30.7 Å². The number of benzene rings is 1. The van der Waals surface area contributed by atoms with Gasteiger partial charge in [0.25, 0.3) is 0 Å². The number of nitrogens with zero attached hydrogens (tertiary/aromatic N) is 2. The van der Waals surface area contributed by atoms with Gasteiger partial charge in [-0.15, -0.1) is 0 Å². The number of sulfonamides is 1. The number of nitrogens with one attached hydrogen (secondary N) is 2. The van der Waals surface area contributed by atoms with Crippen LogP contribution in [0.2, 0.25) is 0 Å². The number of rotatable bonds is 5. The lowest BCUT2D eigenvalue weighted by Crippen LogP contribution is -2.37. The molecule has 1 saturated heterocycles. The quantitative estimate of drug-likeness (QED) is 0.726. The molecule has 0 bridgehead atoms. The van der Waals surface area contributed by atoms with Crippen LogP contribution < -0.4 is 16.4 Å². The van der Waals surface area contributed by atoms with E-state index < -0.39 is 16.1 Å². The van der Waals surface area contributed by atoms with Gasteiger partial charge in [0.15, 0.2) is 0 Å². The van der Waals surface area contributed by atoms with E-state index in [0.29, 0.717) is 24.5 Å². The van der Waals surface area contributed by atoms with E-state index in [2.05, 4.69) is 15.6 Å². The summed E-state index contributed by atoms with van der Waals surface area (Å²) in [4.78, 5) is 16.4. The summed E-state index contributed by atoms with van der Waals surface area (Å²) in [5.41, 5.74) is 6.45. The molecule has 1 aromatic carbocycles. The third kappa shape index (κ3) is 4.44. The fourth-order valence-corrected chi connectivity index (χ4v) is 4.97. The van der Waals surface area contributed by atoms with Crippen LogP contribution in [0, 0.1) is 0 Å². The van der Waals surface area contributed by atoms with Crippen molar-refractivity contribution >= 4 is 27.6 Å². The minimum absolute atomic E-state index is 0.0553. The van der Waals surface area contributed by atoms with Crippen molar-refractivity contribution < 1.29 is 13.2 Å². The minimum Gasteiger partial charge on any atom is -0.326 e. The standard InChI is InChI=1S/C18H23N5O3S/c19-13-14-7-6-8-15(21-18(24)22-16-9-2-3-10-20-16)17(14)27(25,26)23-11-4-1-5-12-23/h2-3,6-10H,1,4-5,11-13,19H2,(H2,20,21,22,24). The van der Waals surface area contributed by atoms with Crippen molar-refractivity contribution in [1.29, 1.82) is 0 Å². The predicted molar refractivity (Wildman–Crippen MR) is 104 cm³/mol. The topological polar surface area (TPSA) is 117 Å². The first-order chi connectivity index (χ1) is 13.0. The Balaban J connectivity index is 1.90. The van der Waals surface area contributed by atoms with Crippen molar-refractivity contribution in [3.8, 4) is 0 Å². The molecule has 2 aromatic rings. The van der Waals surface area contributed by atoms with Gasteiger partial charge in [-0.1, -0.05) is 24.6 Å². The summed E-state index contributed by atoms with van der Waals surface area (Å²) in [6.07, 6.45) is 4.22. The van der Waals surface area contributed by atoms with Gasteiger partial charge in [-0.05, 0) is 36.6 Å². The maximum atomic E-state index is 13.2. The molecule has 1 fully saturated rings. The Bertz CT molecular complexity index is 896. The second-order valence-electron chi connectivity index (χ2n) is 6.26. The van der Waals surface area contributed by atoms with Crippen LogP contribution >= 0.6 is 0 Å². The molecule has 4 N–H and O–H groups in total. The largest absolute Gasteiger partial charge is 0.326 e. The zero-order valence-corrected chi connectivity index (χ0v) is 15.7. The van der Waals surface area contributed by atoms with Crippen LogP contribution in [0.15, 0.2) is 47.5 Å². The number of carbonyl (C=O) groups excluding carboxylic acids is 1. The molecule has 3 rings (SSSR count). The van der Waals surface area contributed by atoms with Gasteiger partial charge in [-0.25, -0.2) is 18.2 Å². The molecule has 0 atom stereocenters. The Hall–Kier alpha value is -2.49. The van der Waals surface area contributed by atoms with Crippen LogP contribution in [-0.2, 0) is 16.6 Å². The molecule has 144 valence electrons. The molecule has 0 spiro atoms. The lowest BCUT2D eigenvalue weighted by molar-refractivity contribution is 0.262. The highest BCUT2D eigenvalue weighted by Gasteiger charge is 2.30. The van der Waals surface area contributed by atoms with Crippen molar-refractivity contribution in [3.63, 3.8) is 0 Å². The van der Waals surface area contributed by atoms with Gasteiger partial charge < -0.3 is 11.1 Å². The number of piperidine rings is 1. The number of aromatic nitrogens is 1. The summed E-state index contributed by atoms with van der Waals surface area (Å²) in [5, 5.41) is 5.21. The highest BCUT2D eigenvalue weighted by atomic mass is 32.2. The van der Waals surface area contributed by atoms with Crippen molar-refractivity contribution in [2.24, 2.45) is 5.73 Å². The van der Waals surface area contributed by atoms with Gasteiger partial charge in [-0.2, -0.15) is 4.31 Å². The Labute approximate surface area is 158 Å². The first-order valence-corrected chi connectivity index (χ1v) is 10.3. The summed E-state index contributed by atoms with van der Waals surface area (Å²) in [6.45, 7) is 1.00. The molecule has 0 unspecified atom stereocenters. The molecule has 1 aromatic heterocycles. The average Bonchev–Trinajstić information content (AvgIpc) is 2.69. The Kier molecular flexibility index (Phi) is 6.04. The highest BCUT2D eigenvalue weighted by Crippen LogP contribution is 2.30. The highest BCUT2D eigenvalue weighted by molar-refractivity contribution is 7.89. The summed E-state index contributed by atoms with van der Waals surface area (Å²) in [6, 6.07) is 9.45. The Morgan fingerprint density at radius 2 is 1.85 bits per heavy atom. The molecule has 9 heteroatoms. The smallest absolute Gasteiger partial charge is 0.324 e. The molecular formula is C18H23N5O3S. The van der Waals surface area contributed by atoms with Crippen LogP contribution in [0.25, 0.3) is 0 Å². The first kappa shape index (κ1) is 19.3. The van der Waals surface area contributed by atoms with Gasteiger partial charge in [0.05, 0.1) is 5.69 Å². The maximum absolute atomic E-state index is 13.2. The van der Waals surface area contributed by atoms with Crippen LogP contribution in [0.5, 0.6) is 0 Å². The monoisotopic (exact) mass is 389 g/mol. The summed E-state index contributed by atoms with van der Waals surface area (Å²) in [5.74, 6) is 0.366. The average molecular weight is 389 g/mol. The van der Waals surface area contributed by atoms with E-state index in [0.717, 1.165) is 19.3 Å². The third-order valence-electron chi connectivity index (χ3n) is 4.38. The first-order valence-electron chi connectivity index (χ1n) is 8.83. The molecule has 0 saturated carbocycles. The van der Waals surface area contributed by atoms with Crippen molar-refractivity contribution in [2.75, 3.05) is 23.7 Å². The van der Waals surface area contributed by atoms with Gasteiger partial charge in [0.1, 0.15) is 10.7 Å².